The number of allylic oxidation sites excluding steroid dienone is 3. The van der Waals surface area contributed by atoms with Gasteiger partial charge in [0, 0.05) is 5.56 Å². The van der Waals surface area contributed by atoms with Crippen LogP contribution in [0.4, 0.5) is 0 Å². The summed E-state index contributed by atoms with van der Waals surface area (Å²) in [7, 11) is -1.93. The van der Waals surface area contributed by atoms with E-state index >= 15 is 0 Å². The minimum Gasteiger partial charge on any atom is -0.120 e. The van der Waals surface area contributed by atoms with Gasteiger partial charge in [0.25, 0.3) is 0 Å². The number of hydrogen-bond acceptors (Lipinski definition) is 0. The van der Waals surface area contributed by atoms with Crippen LogP contribution in [0.1, 0.15) is 50.7 Å². The molecule has 0 radical (unpaired) electrons. The van der Waals surface area contributed by atoms with Gasteiger partial charge < -0.3 is 0 Å². The van der Waals surface area contributed by atoms with Crippen LogP contribution in [-0.2, 0) is 0 Å². The summed E-state index contributed by atoms with van der Waals surface area (Å²) < 4.78 is 2.96. The van der Waals surface area contributed by atoms with Crippen LogP contribution in [0.3, 0.4) is 0 Å². The van der Waals surface area contributed by atoms with Gasteiger partial charge >= 0.3 is 0 Å². The van der Waals surface area contributed by atoms with Crippen LogP contribution in [-0.4, -0.2) is 8.07 Å². The molecule has 152 valence electrons. The van der Waals surface area contributed by atoms with Gasteiger partial charge in [-0.05, 0) is 71.1 Å². The topological polar surface area (TPSA) is 0 Å². The molecule has 0 unspecified atom stereocenters. The largest absolute Gasteiger partial charge is 0.170 e. The molecular formula is C26H30I2Si. The van der Waals surface area contributed by atoms with Crippen molar-refractivity contribution in [3.8, 4) is 11.5 Å². The number of rotatable bonds is 7. The Bertz CT molecular complexity index is 913. The molecule has 29 heavy (non-hydrogen) atoms. The Morgan fingerprint density at radius 2 is 1.38 bits per heavy atom. The zero-order chi connectivity index (χ0) is 21.3. The third-order valence-corrected chi connectivity index (χ3v) is 12.6. The van der Waals surface area contributed by atoms with Gasteiger partial charge in [0.05, 0.1) is 0 Å². The Morgan fingerprint density at radius 1 is 0.828 bits per heavy atom. The summed E-state index contributed by atoms with van der Waals surface area (Å²) in [4.78, 5) is 0. The van der Waals surface area contributed by atoms with Crippen LogP contribution >= 0.6 is 45.2 Å². The van der Waals surface area contributed by atoms with E-state index in [-0.39, 0.29) is 0 Å². The summed E-state index contributed by atoms with van der Waals surface area (Å²) in [5.74, 6) is 3.45. The molecule has 3 heteroatoms. The molecule has 0 N–H and O–H groups in total. The Balaban J connectivity index is 2.66. The zero-order valence-corrected chi connectivity index (χ0v) is 23.2. The first-order chi connectivity index (χ1) is 13.9. The maximum Gasteiger partial charge on any atom is 0.170 e. The van der Waals surface area contributed by atoms with Gasteiger partial charge in [-0.1, -0.05) is 117 Å². The van der Waals surface area contributed by atoms with Crippen molar-refractivity contribution in [1.82, 2.24) is 0 Å². The second kappa shape index (κ2) is 12.1. The quantitative estimate of drug-likeness (QED) is 0.125. The summed E-state index contributed by atoms with van der Waals surface area (Å²) in [5.41, 5.74) is 9.07. The van der Waals surface area contributed by atoms with Crippen molar-refractivity contribution in [2.24, 2.45) is 0 Å². The second-order valence-corrected chi connectivity index (χ2v) is 15.1. The molecule has 0 nitrogen and oxygen atoms in total. The van der Waals surface area contributed by atoms with Crippen molar-refractivity contribution in [2.45, 2.75) is 52.6 Å². The number of halogens is 2. The monoisotopic (exact) mass is 624 g/mol. The van der Waals surface area contributed by atoms with Crippen LogP contribution < -0.4 is 0 Å². The third kappa shape index (κ3) is 7.11. The van der Waals surface area contributed by atoms with Crippen LogP contribution in [0.15, 0.2) is 73.0 Å². The van der Waals surface area contributed by atoms with E-state index in [1.165, 1.54) is 29.9 Å². The predicted octanol–water partition coefficient (Wildman–Crippen LogP) is 8.96. The molecule has 2 rings (SSSR count). The Morgan fingerprint density at radius 3 is 1.93 bits per heavy atom. The first-order valence-electron chi connectivity index (χ1n) is 10.3. The summed E-state index contributed by atoms with van der Waals surface area (Å²) >= 11 is 5.19. The summed E-state index contributed by atoms with van der Waals surface area (Å²) in [5, 5.41) is 0. The van der Waals surface area contributed by atoms with Gasteiger partial charge in [-0.15, -0.1) is 5.54 Å². The Labute approximate surface area is 205 Å². The highest BCUT2D eigenvalue weighted by atomic mass is 127. The lowest BCUT2D eigenvalue weighted by Gasteiger charge is -2.23. The molecule has 2 aromatic carbocycles. The van der Waals surface area contributed by atoms with Gasteiger partial charge in [0.2, 0.25) is 0 Å². The fourth-order valence-electron chi connectivity index (χ4n) is 3.17. The second-order valence-electron chi connectivity index (χ2n) is 7.68. The molecule has 2 aromatic rings. The first-order valence-corrected chi connectivity index (χ1v) is 15.5. The van der Waals surface area contributed by atoms with Gasteiger partial charge in [0.15, 0.2) is 8.07 Å². The van der Waals surface area contributed by atoms with Crippen molar-refractivity contribution in [3.63, 3.8) is 0 Å². The molecule has 0 atom stereocenters. The molecule has 0 amide bonds. The molecule has 0 heterocycles. The third-order valence-electron chi connectivity index (χ3n) is 4.72. The van der Waals surface area contributed by atoms with Crippen LogP contribution in [0.25, 0.3) is 5.57 Å². The van der Waals surface area contributed by atoms with E-state index in [4.69, 9.17) is 0 Å². The normalized spacial score (nSPS) is 13.2. The van der Waals surface area contributed by atoms with Crippen LogP contribution in [0, 0.1) is 11.5 Å². The molecular weight excluding hydrogens is 594 g/mol. The number of hydrogen-bond donors (Lipinski definition) is 0. The minimum absolute atomic E-state index is 1.10. The molecule has 0 saturated carbocycles. The average Bonchev–Trinajstić information content (AvgIpc) is 2.73. The zero-order valence-electron chi connectivity index (χ0n) is 17.9. The van der Waals surface area contributed by atoms with E-state index in [0.29, 0.717) is 0 Å². The van der Waals surface area contributed by atoms with E-state index in [1.54, 1.807) is 0 Å². The average molecular weight is 624 g/mol. The molecule has 0 aliphatic rings. The molecule has 0 aromatic heterocycles. The fraction of sp³-hybridized carbons (Fsp3) is 0.308. The van der Waals surface area contributed by atoms with E-state index in [9.17, 15) is 0 Å². The summed E-state index contributed by atoms with van der Waals surface area (Å²) in [6.07, 6.45) is 4.60. The van der Waals surface area contributed by atoms with Crippen molar-refractivity contribution in [2.75, 3.05) is 0 Å². The smallest absolute Gasteiger partial charge is 0.120 e. The molecule has 0 fully saturated rings. The minimum atomic E-state index is -1.93. The Hall–Kier alpha value is -0.843. The van der Waals surface area contributed by atoms with E-state index in [2.05, 4.69) is 138 Å². The standard InChI is InChI=1S/C26H30I2Si/c1-5-13-23(24(27)14-6-2)25(22-17-11-8-12-18-22)26(28)29(3,4)20-19-21-15-9-7-10-16-21/h7-12,15-18H,5-6,13-14H2,1-4H3/b24-23-,26-25+. The summed E-state index contributed by atoms with van der Waals surface area (Å²) in [6.45, 7) is 9.31. The highest BCUT2D eigenvalue weighted by molar-refractivity contribution is 14.1. The molecule has 0 bridgehead atoms. The summed E-state index contributed by atoms with van der Waals surface area (Å²) in [6, 6.07) is 21.3. The van der Waals surface area contributed by atoms with Gasteiger partial charge in [-0.2, -0.15) is 0 Å². The number of benzene rings is 2. The molecule has 0 aliphatic heterocycles. The van der Waals surface area contributed by atoms with Gasteiger partial charge in [-0.25, -0.2) is 0 Å². The van der Waals surface area contributed by atoms with Gasteiger partial charge in [0.1, 0.15) is 0 Å². The lowest BCUT2D eigenvalue weighted by molar-refractivity contribution is 0.894. The van der Waals surface area contributed by atoms with E-state index in [1.807, 2.05) is 6.07 Å². The van der Waals surface area contributed by atoms with Crippen LogP contribution in [0.2, 0.25) is 13.1 Å². The van der Waals surface area contributed by atoms with E-state index < -0.39 is 8.07 Å². The predicted molar refractivity (Wildman–Crippen MR) is 149 cm³/mol. The molecule has 0 saturated heterocycles. The van der Waals surface area contributed by atoms with Crippen molar-refractivity contribution in [1.29, 1.82) is 0 Å². The van der Waals surface area contributed by atoms with Crippen molar-refractivity contribution in [3.05, 3.63) is 84.1 Å². The van der Waals surface area contributed by atoms with Crippen molar-refractivity contribution >= 4 is 58.8 Å². The van der Waals surface area contributed by atoms with Gasteiger partial charge in [-0.3, -0.25) is 0 Å². The lowest BCUT2D eigenvalue weighted by Crippen LogP contribution is -2.26. The van der Waals surface area contributed by atoms with Crippen LogP contribution in [0.5, 0.6) is 0 Å². The Kier molecular flexibility index (Phi) is 10.2. The maximum atomic E-state index is 3.69. The molecule has 0 spiro atoms. The van der Waals surface area contributed by atoms with Crippen molar-refractivity contribution < 1.29 is 0 Å². The fourth-order valence-corrected chi connectivity index (χ4v) is 6.78. The lowest BCUT2D eigenvalue weighted by atomic mass is 9.95. The highest BCUT2D eigenvalue weighted by Crippen LogP contribution is 2.40. The van der Waals surface area contributed by atoms with E-state index in [0.717, 1.165) is 24.8 Å². The first kappa shape index (κ1) is 24.4. The highest BCUT2D eigenvalue weighted by Gasteiger charge is 2.28. The SMILES string of the molecule is CCC/C(I)=C(CCC)/C(=C(\I)[Si](C)(C)C#Cc1ccccc1)c1ccccc1. The maximum absolute atomic E-state index is 3.69. The molecule has 0 aliphatic carbocycles.